The first-order valence-electron chi connectivity index (χ1n) is 9.08. The van der Waals surface area contributed by atoms with Crippen molar-refractivity contribution in [1.29, 1.82) is 0 Å². The molecule has 12 N–H and O–H groups in total. The maximum atomic E-state index is 12.6. The van der Waals surface area contributed by atoms with Crippen molar-refractivity contribution in [3.05, 3.63) is 0 Å². The third-order valence-electron chi connectivity index (χ3n) is 3.76. The van der Waals surface area contributed by atoms with E-state index in [2.05, 4.69) is 20.9 Å². The zero-order valence-electron chi connectivity index (χ0n) is 16.9. The fraction of sp³-hybridized carbons (Fsp3) is 0.625. The van der Waals surface area contributed by atoms with Gasteiger partial charge in [0.2, 0.25) is 23.6 Å². The number of amides is 4. The highest BCUT2D eigenvalue weighted by atomic mass is 16.4. The van der Waals surface area contributed by atoms with Crippen molar-refractivity contribution >= 4 is 35.6 Å². The molecular weight excluding hydrogens is 400 g/mol. The van der Waals surface area contributed by atoms with Gasteiger partial charge in [-0.15, -0.1) is 0 Å². The molecule has 0 aromatic carbocycles. The molecule has 4 unspecified atom stereocenters. The van der Waals surface area contributed by atoms with Gasteiger partial charge in [0.1, 0.15) is 18.1 Å². The van der Waals surface area contributed by atoms with Crippen LogP contribution >= 0.6 is 0 Å². The van der Waals surface area contributed by atoms with Gasteiger partial charge in [-0.1, -0.05) is 0 Å². The number of aliphatic imine (C=N–C) groups is 1. The highest BCUT2D eigenvalue weighted by molar-refractivity contribution is 5.96. The molecule has 0 saturated carbocycles. The van der Waals surface area contributed by atoms with E-state index in [1.54, 1.807) is 0 Å². The minimum absolute atomic E-state index is 0.0948. The minimum Gasteiger partial charge on any atom is -0.480 e. The van der Waals surface area contributed by atoms with Crippen LogP contribution in [-0.4, -0.2) is 71.4 Å². The van der Waals surface area contributed by atoms with Gasteiger partial charge in [0.25, 0.3) is 0 Å². The Bertz CT molecular complexity index is 677. The molecular formula is C16H30N8O6. The number of carbonyl (C=O) groups excluding carboxylic acids is 4. The summed E-state index contributed by atoms with van der Waals surface area (Å²) in [7, 11) is 0. The van der Waals surface area contributed by atoms with Crippen LogP contribution < -0.4 is 38.9 Å². The first-order chi connectivity index (χ1) is 13.8. The molecule has 14 nitrogen and oxygen atoms in total. The second-order valence-corrected chi connectivity index (χ2v) is 6.60. The summed E-state index contributed by atoms with van der Waals surface area (Å²) in [5.74, 6) is -4.68. The maximum absolute atomic E-state index is 12.6. The summed E-state index contributed by atoms with van der Waals surface area (Å²) in [6.07, 6.45) is -0.179. The van der Waals surface area contributed by atoms with E-state index in [9.17, 15) is 24.0 Å². The predicted molar refractivity (Wildman–Crippen MR) is 106 cm³/mol. The summed E-state index contributed by atoms with van der Waals surface area (Å²) in [6.45, 7) is 2.81. The molecule has 0 heterocycles. The molecule has 0 saturated heterocycles. The Kier molecular flexibility index (Phi) is 11.5. The van der Waals surface area contributed by atoms with Crippen LogP contribution in [0.25, 0.3) is 0 Å². The number of carboxylic acid groups (broad SMARTS) is 1. The average Bonchev–Trinajstić information content (AvgIpc) is 2.62. The van der Waals surface area contributed by atoms with E-state index in [0.29, 0.717) is 6.42 Å². The summed E-state index contributed by atoms with van der Waals surface area (Å²) >= 11 is 0. The highest BCUT2D eigenvalue weighted by Gasteiger charge is 2.29. The number of carboxylic acids is 1. The number of nitrogens with zero attached hydrogens (tertiary/aromatic N) is 1. The summed E-state index contributed by atoms with van der Waals surface area (Å²) in [4.78, 5) is 62.8. The first kappa shape index (κ1) is 26.6. The molecule has 0 rings (SSSR count). The SMILES string of the molecule is CC(N)C(=O)NC(CCCN=C(N)N)C(=O)NC(CC(N)=O)C(=O)NC(C)C(=O)O. The van der Waals surface area contributed by atoms with Gasteiger partial charge in [0.05, 0.1) is 12.5 Å². The molecule has 0 fully saturated rings. The molecule has 0 bridgehead atoms. The highest BCUT2D eigenvalue weighted by Crippen LogP contribution is 2.02. The minimum atomic E-state index is -1.44. The van der Waals surface area contributed by atoms with Crippen LogP contribution in [0.3, 0.4) is 0 Å². The normalized spacial score (nSPS) is 14.4. The lowest BCUT2D eigenvalue weighted by Crippen LogP contribution is -2.57. The van der Waals surface area contributed by atoms with Crippen LogP contribution in [0.2, 0.25) is 0 Å². The second-order valence-electron chi connectivity index (χ2n) is 6.60. The average molecular weight is 430 g/mol. The van der Waals surface area contributed by atoms with Crippen molar-refractivity contribution in [3.8, 4) is 0 Å². The number of hydrogen-bond donors (Lipinski definition) is 8. The Labute approximate surface area is 173 Å². The number of aliphatic carboxylic acids is 1. The van der Waals surface area contributed by atoms with Crippen molar-refractivity contribution in [1.82, 2.24) is 16.0 Å². The molecule has 0 aliphatic rings. The summed E-state index contributed by atoms with van der Waals surface area (Å²) in [6, 6.07) is -4.72. The second kappa shape index (κ2) is 12.9. The molecule has 4 atom stereocenters. The predicted octanol–water partition coefficient (Wildman–Crippen LogP) is -4.18. The molecule has 30 heavy (non-hydrogen) atoms. The Morgan fingerprint density at radius 1 is 0.900 bits per heavy atom. The zero-order valence-corrected chi connectivity index (χ0v) is 16.9. The summed E-state index contributed by atoms with van der Waals surface area (Å²) in [5.41, 5.74) is 21.1. The molecule has 0 spiro atoms. The lowest BCUT2D eigenvalue weighted by Gasteiger charge is -2.23. The van der Waals surface area contributed by atoms with Crippen LogP contribution in [0.1, 0.15) is 33.1 Å². The molecule has 14 heteroatoms. The molecule has 170 valence electrons. The van der Waals surface area contributed by atoms with E-state index >= 15 is 0 Å². The van der Waals surface area contributed by atoms with Crippen molar-refractivity contribution in [2.45, 2.75) is 57.3 Å². The van der Waals surface area contributed by atoms with Crippen molar-refractivity contribution in [2.24, 2.45) is 27.9 Å². The Morgan fingerprint density at radius 2 is 1.43 bits per heavy atom. The van der Waals surface area contributed by atoms with Gasteiger partial charge < -0.3 is 44.0 Å². The van der Waals surface area contributed by atoms with Gasteiger partial charge >= 0.3 is 5.97 Å². The zero-order chi connectivity index (χ0) is 23.4. The fourth-order valence-electron chi connectivity index (χ4n) is 2.13. The Morgan fingerprint density at radius 3 is 1.90 bits per heavy atom. The first-order valence-corrected chi connectivity index (χ1v) is 9.08. The van der Waals surface area contributed by atoms with Crippen LogP contribution in [0.4, 0.5) is 0 Å². The van der Waals surface area contributed by atoms with E-state index in [1.165, 1.54) is 13.8 Å². The maximum Gasteiger partial charge on any atom is 0.325 e. The van der Waals surface area contributed by atoms with Gasteiger partial charge in [-0.2, -0.15) is 0 Å². The lowest BCUT2D eigenvalue weighted by molar-refractivity contribution is -0.142. The molecule has 0 radical (unpaired) electrons. The Balaban J connectivity index is 5.32. The summed E-state index contributed by atoms with van der Waals surface area (Å²) in [5, 5.41) is 15.8. The van der Waals surface area contributed by atoms with Crippen molar-refractivity contribution < 1.29 is 29.1 Å². The van der Waals surface area contributed by atoms with Gasteiger partial charge in [-0.25, -0.2) is 0 Å². The van der Waals surface area contributed by atoms with E-state index < -0.39 is 60.2 Å². The lowest BCUT2D eigenvalue weighted by atomic mass is 10.1. The monoisotopic (exact) mass is 430 g/mol. The van der Waals surface area contributed by atoms with Crippen molar-refractivity contribution in [2.75, 3.05) is 6.54 Å². The third kappa shape index (κ3) is 10.8. The van der Waals surface area contributed by atoms with Gasteiger partial charge in [-0.3, -0.25) is 29.0 Å². The topological polar surface area (TPSA) is 258 Å². The van der Waals surface area contributed by atoms with Crippen LogP contribution in [-0.2, 0) is 24.0 Å². The van der Waals surface area contributed by atoms with Gasteiger partial charge in [0.15, 0.2) is 5.96 Å². The summed E-state index contributed by atoms with van der Waals surface area (Å²) < 4.78 is 0. The van der Waals surface area contributed by atoms with Crippen LogP contribution in [0, 0.1) is 0 Å². The van der Waals surface area contributed by atoms with E-state index in [0.717, 1.165) is 0 Å². The number of nitrogens with one attached hydrogen (secondary N) is 3. The van der Waals surface area contributed by atoms with E-state index in [1.807, 2.05) is 0 Å². The van der Waals surface area contributed by atoms with E-state index in [4.69, 9.17) is 28.0 Å². The number of carbonyl (C=O) groups is 5. The molecule has 0 aromatic heterocycles. The molecule has 4 amide bonds. The molecule has 0 aliphatic heterocycles. The number of guanidine groups is 1. The largest absolute Gasteiger partial charge is 0.480 e. The molecule has 0 aliphatic carbocycles. The van der Waals surface area contributed by atoms with Crippen molar-refractivity contribution in [3.63, 3.8) is 0 Å². The third-order valence-corrected chi connectivity index (χ3v) is 3.76. The number of primary amides is 1. The number of nitrogens with two attached hydrogens (primary N) is 4. The standard InChI is InChI=1S/C16H30N8O6/c1-7(17)12(26)23-9(4-3-5-21-16(19)20)13(27)24-10(6-11(18)25)14(28)22-8(2)15(29)30/h7-10H,3-6,17H2,1-2H3,(H2,18,25)(H,22,28)(H,23,26)(H,24,27)(H,29,30)(H4,19,20,21). The quantitative estimate of drug-likeness (QED) is 0.0799. The van der Waals surface area contributed by atoms with Gasteiger partial charge in [0, 0.05) is 6.54 Å². The van der Waals surface area contributed by atoms with Crippen LogP contribution in [0.15, 0.2) is 4.99 Å². The van der Waals surface area contributed by atoms with Crippen LogP contribution in [0.5, 0.6) is 0 Å². The fourth-order valence-corrected chi connectivity index (χ4v) is 2.13. The number of rotatable bonds is 13. The van der Waals surface area contributed by atoms with Gasteiger partial charge in [-0.05, 0) is 26.7 Å². The Hall–Kier alpha value is -3.42. The van der Waals surface area contributed by atoms with E-state index in [-0.39, 0.29) is 18.9 Å². The number of hydrogen-bond acceptors (Lipinski definition) is 7. The molecule has 0 aromatic rings. The smallest absolute Gasteiger partial charge is 0.325 e.